The third kappa shape index (κ3) is 4.60. The lowest BCUT2D eigenvalue weighted by atomic mass is 9.97. The Bertz CT molecular complexity index is 1190. The lowest BCUT2D eigenvalue weighted by Crippen LogP contribution is -2.47. The van der Waals surface area contributed by atoms with E-state index < -0.39 is 15.9 Å². The van der Waals surface area contributed by atoms with Crippen LogP contribution in [0.2, 0.25) is 0 Å². The molecule has 1 unspecified atom stereocenters. The first-order chi connectivity index (χ1) is 15.7. The molecule has 2 aliphatic rings. The van der Waals surface area contributed by atoms with Gasteiger partial charge in [-0.25, -0.2) is 8.42 Å². The molecule has 2 aromatic carbocycles. The predicted octanol–water partition coefficient (Wildman–Crippen LogP) is 3.09. The molecular weight excluding hydrogens is 442 g/mol. The smallest absolute Gasteiger partial charge is 0.262 e. The Balaban J connectivity index is 1.58. The van der Waals surface area contributed by atoms with Crippen molar-refractivity contribution in [2.24, 2.45) is 5.92 Å². The molecule has 2 heterocycles. The molecule has 8 nitrogen and oxygen atoms in total. The Labute approximate surface area is 194 Å². The normalized spacial score (nSPS) is 18.8. The van der Waals surface area contributed by atoms with Gasteiger partial charge in [0.1, 0.15) is 5.75 Å². The molecule has 0 aromatic heterocycles. The maximum absolute atomic E-state index is 13.5. The molecule has 176 valence electrons. The Hall–Kier alpha value is -2.91. The monoisotopic (exact) mass is 471 g/mol. The number of benzene rings is 2. The largest absolute Gasteiger partial charge is 0.482 e. The summed E-state index contributed by atoms with van der Waals surface area (Å²) in [5.41, 5.74) is 2.87. The highest BCUT2D eigenvalue weighted by atomic mass is 32.2. The molecule has 33 heavy (non-hydrogen) atoms. The van der Waals surface area contributed by atoms with E-state index in [-0.39, 0.29) is 29.9 Å². The van der Waals surface area contributed by atoms with E-state index in [1.165, 1.54) is 10.4 Å². The number of rotatable bonds is 5. The summed E-state index contributed by atoms with van der Waals surface area (Å²) in [5, 5.41) is 2.70. The van der Waals surface area contributed by atoms with Crippen LogP contribution in [0.5, 0.6) is 5.75 Å². The van der Waals surface area contributed by atoms with E-state index in [2.05, 4.69) is 5.32 Å². The van der Waals surface area contributed by atoms with Crippen molar-refractivity contribution in [3.63, 3.8) is 0 Å². The Morgan fingerprint density at radius 1 is 1.24 bits per heavy atom. The summed E-state index contributed by atoms with van der Waals surface area (Å²) in [6, 6.07) is 10.8. The number of carbonyl (C=O) groups excluding carboxylic acids is 2. The van der Waals surface area contributed by atoms with Crippen LogP contribution in [0.3, 0.4) is 0 Å². The van der Waals surface area contributed by atoms with Crippen LogP contribution in [0.25, 0.3) is 0 Å². The van der Waals surface area contributed by atoms with Crippen LogP contribution < -0.4 is 15.0 Å². The number of ether oxygens (including phenoxy) is 1. The van der Waals surface area contributed by atoms with E-state index in [4.69, 9.17) is 4.74 Å². The van der Waals surface area contributed by atoms with Crippen molar-refractivity contribution in [3.8, 4) is 5.75 Å². The second-order valence-electron chi connectivity index (χ2n) is 8.57. The van der Waals surface area contributed by atoms with Crippen molar-refractivity contribution >= 4 is 33.2 Å². The molecule has 1 atom stereocenters. The fourth-order valence-electron chi connectivity index (χ4n) is 4.48. The van der Waals surface area contributed by atoms with Gasteiger partial charge in [0.15, 0.2) is 6.61 Å². The lowest BCUT2D eigenvalue weighted by molar-refractivity contribution is -0.123. The number of piperidine rings is 1. The molecular formula is C24H29N3O5S. The standard InChI is InChI=1S/C24H29N3O5S/c1-4-27(19-9-5-7-16(2)11-19)24(29)18-8-6-10-26(14-18)33(30,31)22-13-21-20(12-17(22)3)25-23(28)15-32-21/h5,7,9,11-13,18H,4,6,8,10,14-15H2,1-3H3,(H,25,28). The summed E-state index contributed by atoms with van der Waals surface area (Å²) in [4.78, 5) is 26.8. The second-order valence-corrected chi connectivity index (χ2v) is 10.5. The molecule has 0 saturated carbocycles. The fraction of sp³-hybridized carbons (Fsp3) is 0.417. The molecule has 0 spiro atoms. The van der Waals surface area contributed by atoms with Crippen molar-refractivity contribution in [3.05, 3.63) is 47.5 Å². The highest BCUT2D eigenvalue weighted by molar-refractivity contribution is 7.89. The van der Waals surface area contributed by atoms with Crippen LogP contribution in [0.1, 0.15) is 30.9 Å². The number of fused-ring (bicyclic) bond motifs is 1. The Morgan fingerprint density at radius 3 is 2.76 bits per heavy atom. The van der Waals surface area contributed by atoms with Gasteiger partial charge in [0.05, 0.1) is 16.5 Å². The van der Waals surface area contributed by atoms with Crippen LogP contribution >= 0.6 is 0 Å². The summed E-state index contributed by atoms with van der Waals surface area (Å²) in [7, 11) is -3.84. The lowest BCUT2D eigenvalue weighted by Gasteiger charge is -2.34. The summed E-state index contributed by atoms with van der Waals surface area (Å²) in [6.45, 7) is 6.45. The quantitative estimate of drug-likeness (QED) is 0.723. The average molecular weight is 472 g/mol. The number of sulfonamides is 1. The van der Waals surface area contributed by atoms with Crippen LogP contribution in [-0.2, 0) is 19.6 Å². The van der Waals surface area contributed by atoms with Crippen molar-refractivity contribution in [2.45, 2.75) is 38.5 Å². The van der Waals surface area contributed by atoms with Gasteiger partial charge in [0.25, 0.3) is 5.91 Å². The SMILES string of the molecule is CCN(C(=O)C1CCCN(S(=O)(=O)c2cc3c(cc2C)NC(=O)CO3)C1)c1cccc(C)c1. The maximum atomic E-state index is 13.5. The van der Waals surface area contributed by atoms with Gasteiger partial charge < -0.3 is 15.0 Å². The zero-order chi connectivity index (χ0) is 23.8. The number of carbonyl (C=O) groups is 2. The number of nitrogens with zero attached hydrogens (tertiary/aromatic N) is 2. The van der Waals surface area contributed by atoms with Gasteiger partial charge in [-0.2, -0.15) is 4.31 Å². The molecule has 0 aliphatic carbocycles. The van der Waals surface area contributed by atoms with Gasteiger partial charge in [0, 0.05) is 31.4 Å². The van der Waals surface area contributed by atoms with Crippen LogP contribution in [0.15, 0.2) is 41.3 Å². The third-order valence-corrected chi connectivity index (χ3v) is 8.16. The minimum absolute atomic E-state index is 0.0591. The minimum Gasteiger partial charge on any atom is -0.482 e. The molecule has 1 saturated heterocycles. The van der Waals surface area contributed by atoms with Gasteiger partial charge in [0.2, 0.25) is 15.9 Å². The summed E-state index contributed by atoms with van der Waals surface area (Å²) in [5.74, 6) is -0.414. The summed E-state index contributed by atoms with van der Waals surface area (Å²) < 4.78 is 33.9. The Kier molecular flexibility index (Phi) is 6.45. The van der Waals surface area contributed by atoms with Crippen molar-refractivity contribution in [1.29, 1.82) is 0 Å². The van der Waals surface area contributed by atoms with Crippen LogP contribution in [0, 0.1) is 19.8 Å². The molecule has 9 heteroatoms. The first-order valence-electron chi connectivity index (χ1n) is 11.2. The highest BCUT2D eigenvalue weighted by Crippen LogP contribution is 2.35. The van der Waals surface area contributed by atoms with Crippen LogP contribution in [0.4, 0.5) is 11.4 Å². The molecule has 1 fully saturated rings. The molecule has 2 aliphatic heterocycles. The first kappa shape index (κ1) is 23.3. The van der Waals surface area contributed by atoms with Gasteiger partial charge in [-0.05, 0) is 62.9 Å². The van der Waals surface area contributed by atoms with E-state index in [0.29, 0.717) is 42.9 Å². The molecule has 2 amide bonds. The molecule has 4 rings (SSSR count). The van der Waals surface area contributed by atoms with Crippen molar-refractivity contribution in [2.75, 3.05) is 36.5 Å². The first-order valence-corrected chi connectivity index (χ1v) is 12.6. The highest BCUT2D eigenvalue weighted by Gasteiger charge is 2.36. The summed E-state index contributed by atoms with van der Waals surface area (Å²) in [6.07, 6.45) is 1.25. The Morgan fingerprint density at radius 2 is 2.03 bits per heavy atom. The number of aryl methyl sites for hydroxylation is 2. The third-order valence-electron chi connectivity index (χ3n) is 6.16. The van der Waals surface area contributed by atoms with Crippen LogP contribution in [-0.4, -0.2) is 50.8 Å². The van der Waals surface area contributed by atoms with Crippen molar-refractivity contribution in [1.82, 2.24) is 4.31 Å². The molecule has 0 bridgehead atoms. The predicted molar refractivity (Wildman–Crippen MR) is 126 cm³/mol. The summed E-state index contributed by atoms with van der Waals surface area (Å²) >= 11 is 0. The molecule has 0 radical (unpaired) electrons. The maximum Gasteiger partial charge on any atom is 0.262 e. The number of amides is 2. The zero-order valence-electron chi connectivity index (χ0n) is 19.1. The topological polar surface area (TPSA) is 96.0 Å². The van der Waals surface area contributed by atoms with E-state index in [0.717, 1.165) is 11.3 Å². The van der Waals surface area contributed by atoms with E-state index >= 15 is 0 Å². The van der Waals surface area contributed by atoms with Gasteiger partial charge in [-0.3, -0.25) is 9.59 Å². The molecule has 2 aromatic rings. The van der Waals surface area contributed by atoms with E-state index in [1.54, 1.807) is 17.9 Å². The van der Waals surface area contributed by atoms with Gasteiger partial charge in [-0.1, -0.05) is 12.1 Å². The van der Waals surface area contributed by atoms with Crippen molar-refractivity contribution < 1.29 is 22.7 Å². The number of nitrogens with one attached hydrogen (secondary N) is 1. The fourth-order valence-corrected chi connectivity index (χ4v) is 6.22. The number of hydrogen-bond donors (Lipinski definition) is 1. The van der Waals surface area contributed by atoms with E-state index in [1.807, 2.05) is 38.1 Å². The number of hydrogen-bond acceptors (Lipinski definition) is 5. The average Bonchev–Trinajstić information content (AvgIpc) is 2.79. The minimum atomic E-state index is -3.84. The number of anilines is 2. The second kappa shape index (κ2) is 9.15. The zero-order valence-corrected chi connectivity index (χ0v) is 19.9. The van der Waals surface area contributed by atoms with Gasteiger partial charge in [-0.15, -0.1) is 0 Å². The molecule has 1 N–H and O–H groups in total. The van der Waals surface area contributed by atoms with Gasteiger partial charge >= 0.3 is 0 Å². The van der Waals surface area contributed by atoms with E-state index in [9.17, 15) is 18.0 Å².